The van der Waals surface area contributed by atoms with Crippen molar-refractivity contribution < 1.29 is 4.39 Å². The number of nitrogens with zero attached hydrogens (tertiary/aromatic N) is 3. The minimum Gasteiger partial charge on any atom is -0.335 e. The maximum absolute atomic E-state index is 13.3. The molecule has 0 saturated carbocycles. The minimum absolute atomic E-state index is 0.0344. The SMILES string of the molecule is C=NC(C)CC(N=C(C)C)C(=N)N1/C=C/C=C(F)\C=C\CC1. The number of allylic oxidation sites excluding steroid dienone is 4. The molecule has 0 amide bonds. The Hall–Kier alpha value is -2.04. The molecule has 5 heteroatoms. The van der Waals surface area contributed by atoms with Crippen molar-refractivity contribution in [3.63, 3.8) is 0 Å². The van der Waals surface area contributed by atoms with Crippen molar-refractivity contribution in [2.24, 2.45) is 9.98 Å². The zero-order chi connectivity index (χ0) is 16.5. The van der Waals surface area contributed by atoms with Gasteiger partial charge in [-0.15, -0.1) is 0 Å². The molecule has 1 rings (SSSR count). The van der Waals surface area contributed by atoms with Gasteiger partial charge in [-0.05, 0) is 58.6 Å². The summed E-state index contributed by atoms with van der Waals surface area (Å²) in [5, 5.41) is 8.46. The van der Waals surface area contributed by atoms with E-state index in [1.165, 1.54) is 12.2 Å². The molecule has 0 aromatic heterocycles. The van der Waals surface area contributed by atoms with E-state index in [1.54, 1.807) is 18.4 Å². The standard InChI is InChI=1S/C17H25FN4/c1-13(2)21-16(12-14(3)20-4)17(19)22-10-6-5-8-15(18)9-7-11-22/h5,7-9,11,14,16,19H,4,6,10,12H2,1-3H3/b8-5+,11-7+,15-9+,19-17?. The van der Waals surface area contributed by atoms with Crippen LogP contribution in [0.3, 0.4) is 0 Å². The molecule has 0 aromatic rings. The summed E-state index contributed by atoms with van der Waals surface area (Å²) in [7, 11) is 0. The van der Waals surface area contributed by atoms with Crippen LogP contribution in [0.4, 0.5) is 4.39 Å². The molecule has 1 heterocycles. The van der Waals surface area contributed by atoms with Gasteiger partial charge in [0.15, 0.2) is 0 Å². The van der Waals surface area contributed by atoms with Crippen LogP contribution in [-0.4, -0.2) is 41.8 Å². The van der Waals surface area contributed by atoms with Crippen molar-refractivity contribution in [2.75, 3.05) is 6.54 Å². The molecule has 0 saturated heterocycles. The van der Waals surface area contributed by atoms with E-state index in [0.29, 0.717) is 25.2 Å². The minimum atomic E-state index is -0.284. The lowest BCUT2D eigenvalue weighted by Gasteiger charge is -2.26. The Morgan fingerprint density at radius 2 is 2.23 bits per heavy atom. The molecule has 4 nitrogen and oxygen atoms in total. The van der Waals surface area contributed by atoms with Crippen LogP contribution in [-0.2, 0) is 0 Å². The highest BCUT2D eigenvalue weighted by atomic mass is 19.1. The Balaban J connectivity index is 2.93. The van der Waals surface area contributed by atoms with E-state index in [4.69, 9.17) is 5.41 Å². The lowest BCUT2D eigenvalue weighted by atomic mass is 10.1. The topological polar surface area (TPSA) is 51.8 Å². The molecule has 0 fully saturated rings. The summed E-state index contributed by atoms with van der Waals surface area (Å²) in [6.07, 6.45) is 9.27. The fraction of sp³-hybridized carbons (Fsp3) is 0.471. The highest BCUT2D eigenvalue weighted by molar-refractivity contribution is 5.89. The Morgan fingerprint density at radius 3 is 2.86 bits per heavy atom. The fourth-order valence-electron chi connectivity index (χ4n) is 2.11. The Bertz CT molecular complexity index is 513. The average molecular weight is 304 g/mol. The second-order valence-electron chi connectivity index (χ2n) is 5.52. The molecule has 1 N–H and O–H groups in total. The first kappa shape index (κ1) is 18.0. The lowest BCUT2D eigenvalue weighted by molar-refractivity contribution is 0.513. The van der Waals surface area contributed by atoms with Crippen molar-refractivity contribution in [2.45, 2.75) is 45.7 Å². The maximum Gasteiger partial charge on any atom is 0.125 e. The number of halogens is 1. The third-order valence-electron chi connectivity index (χ3n) is 3.25. The predicted molar refractivity (Wildman–Crippen MR) is 92.7 cm³/mol. The van der Waals surface area contributed by atoms with E-state index in [1.807, 2.05) is 25.7 Å². The van der Waals surface area contributed by atoms with Crippen LogP contribution < -0.4 is 0 Å². The summed E-state index contributed by atoms with van der Waals surface area (Å²) in [6, 6.07) is -0.235. The predicted octanol–water partition coefficient (Wildman–Crippen LogP) is 3.92. The van der Waals surface area contributed by atoms with Crippen LogP contribution in [0.1, 0.15) is 33.6 Å². The molecule has 22 heavy (non-hydrogen) atoms. The lowest BCUT2D eigenvalue weighted by Crippen LogP contribution is -2.36. The van der Waals surface area contributed by atoms with Crippen molar-refractivity contribution in [1.29, 1.82) is 5.41 Å². The highest BCUT2D eigenvalue weighted by Gasteiger charge is 2.20. The van der Waals surface area contributed by atoms with E-state index in [2.05, 4.69) is 16.7 Å². The van der Waals surface area contributed by atoms with Gasteiger partial charge in [0.1, 0.15) is 17.7 Å². The summed E-state index contributed by atoms with van der Waals surface area (Å²) in [4.78, 5) is 10.4. The van der Waals surface area contributed by atoms with Crippen LogP contribution in [0.15, 0.2) is 46.3 Å². The Morgan fingerprint density at radius 1 is 1.50 bits per heavy atom. The maximum atomic E-state index is 13.3. The quantitative estimate of drug-likeness (QED) is 0.607. The largest absolute Gasteiger partial charge is 0.335 e. The normalized spacial score (nSPS) is 22.9. The molecule has 1 aliphatic heterocycles. The van der Waals surface area contributed by atoms with Crippen LogP contribution in [0.5, 0.6) is 0 Å². The van der Waals surface area contributed by atoms with Gasteiger partial charge >= 0.3 is 0 Å². The Kier molecular flexibility index (Phi) is 7.43. The van der Waals surface area contributed by atoms with Gasteiger partial charge in [0, 0.05) is 24.5 Å². The molecular formula is C17H25FN4. The molecule has 0 radical (unpaired) electrons. The summed E-state index contributed by atoms with van der Waals surface area (Å²) in [5.74, 6) is 0.116. The van der Waals surface area contributed by atoms with Crippen LogP contribution in [0.25, 0.3) is 0 Å². The molecule has 0 aromatic carbocycles. The first-order valence-corrected chi connectivity index (χ1v) is 7.46. The van der Waals surface area contributed by atoms with Gasteiger partial charge in [-0.2, -0.15) is 0 Å². The first-order valence-electron chi connectivity index (χ1n) is 7.46. The van der Waals surface area contributed by atoms with E-state index >= 15 is 0 Å². The molecule has 0 aliphatic carbocycles. The van der Waals surface area contributed by atoms with Crippen molar-refractivity contribution in [3.05, 3.63) is 36.3 Å². The summed E-state index contributed by atoms with van der Waals surface area (Å²) in [5.41, 5.74) is 0.921. The fourth-order valence-corrected chi connectivity index (χ4v) is 2.11. The van der Waals surface area contributed by atoms with Gasteiger partial charge in [0.2, 0.25) is 0 Å². The zero-order valence-corrected chi connectivity index (χ0v) is 13.6. The third kappa shape index (κ3) is 6.16. The van der Waals surface area contributed by atoms with Crippen molar-refractivity contribution >= 4 is 18.3 Å². The number of hydrogen-bond acceptors (Lipinski definition) is 3. The number of nitrogens with one attached hydrogen (secondary N) is 1. The second kappa shape index (κ2) is 9.07. The van der Waals surface area contributed by atoms with E-state index in [9.17, 15) is 4.39 Å². The average Bonchev–Trinajstić information content (AvgIpc) is 2.57. The van der Waals surface area contributed by atoms with Gasteiger partial charge in [-0.25, -0.2) is 4.39 Å². The van der Waals surface area contributed by atoms with E-state index < -0.39 is 0 Å². The summed E-state index contributed by atoms with van der Waals surface area (Å²) >= 11 is 0. The molecule has 1 aliphatic rings. The molecule has 2 atom stereocenters. The Labute approximate surface area is 132 Å². The number of aliphatic imine (C=N–C) groups is 2. The van der Waals surface area contributed by atoms with Gasteiger partial charge < -0.3 is 4.90 Å². The van der Waals surface area contributed by atoms with Gasteiger partial charge in [-0.3, -0.25) is 15.4 Å². The highest BCUT2D eigenvalue weighted by Crippen LogP contribution is 2.13. The first-order chi connectivity index (χ1) is 10.4. The number of hydrogen-bond donors (Lipinski definition) is 1. The smallest absolute Gasteiger partial charge is 0.125 e. The van der Waals surface area contributed by atoms with Crippen molar-refractivity contribution in [3.8, 4) is 0 Å². The van der Waals surface area contributed by atoms with Crippen molar-refractivity contribution in [1.82, 2.24) is 4.90 Å². The molecule has 0 bridgehead atoms. The van der Waals surface area contributed by atoms with Crippen LogP contribution in [0.2, 0.25) is 0 Å². The third-order valence-corrected chi connectivity index (χ3v) is 3.25. The van der Waals surface area contributed by atoms with E-state index in [0.717, 1.165) is 5.71 Å². The van der Waals surface area contributed by atoms with Gasteiger partial charge in [0.25, 0.3) is 0 Å². The summed E-state index contributed by atoms with van der Waals surface area (Å²) in [6.45, 7) is 9.98. The second-order valence-corrected chi connectivity index (χ2v) is 5.52. The summed E-state index contributed by atoms with van der Waals surface area (Å²) < 4.78 is 13.3. The molecule has 120 valence electrons. The number of rotatable bonds is 5. The van der Waals surface area contributed by atoms with Gasteiger partial charge in [-0.1, -0.05) is 6.08 Å². The van der Waals surface area contributed by atoms with E-state index in [-0.39, 0.29) is 17.9 Å². The van der Waals surface area contributed by atoms with Crippen LogP contribution in [0, 0.1) is 5.41 Å². The molecular weight excluding hydrogens is 279 g/mol. The molecule has 0 spiro atoms. The zero-order valence-electron chi connectivity index (χ0n) is 13.6. The van der Waals surface area contributed by atoms with Crippen LogP contribution >= 0.6 is 0 Å². The monoisotopic (exact) mass is 304 g/mol. The molecule has 2 unspecified atom stereocenters. The number of amidine groups is 1. The van der Waals surface area contributed by atoms with Gasteiger partial charge in [0.05, 0.1) is 0 Å².